The van der Waals surface area contributed by atoms with Crippen LogP contribution in [0.1, 0.15) is 0 Å². The predicted molar refractivity (Wildman–Crippen MR) is 117 cm³/mol. The maximum atomic E-state index is 11.5. The fourth-order valence-corrected chi connectivity index (χ4v) is 3.89. The van der Waals surface area contributed by atoms with E-state index in [1.165, 1.54) is 5.69 Å². The molecular formula is C21H21N7O2. The minimum Gasteiger partial charge on any atom is -0.369 e. The van der Waals surface area contributed by atoms with Crippen LogP contribution in [0.5, 0.6) is 0 Å². The van der Waals surface area contributed by atoms with Crippen molar-refractivity contribution in [3.63, 3.8) is 0 Å². The molecule has 152 valence electrons. The second-order valence-electron chi connectivity index (χ2n) is 7.49. The molecule has 1 aliphatic rings. The first-order valence-corrected chi connectivity index (χ1v) is 9.82. The highest BCUT2D eigenvalue weighted by molar-refractivity contribution is 6.12. The van der Waals surface area contributed by atoms with Crippen molar-refractivity contribution in [2.24, 2.45) is 0 Å². The van der Waals surface area contributed by atoms with Gasteiger partial charge in [-0.1, -0.05) is 23.3 Å². The van der Waals surface area contributed by atoms with E-state index in [1.54, 1.807) is 0 Å². The highest BCUT2D eigenvalue weighted by Crippen LogP contribution is 2.35. The lowest BCUT2D eigenvalue weighted by Crippen LogP contribution is -2.44. The van der Waals surface area contributed by atoms with Gasteiger partial charge in [0.1, 0.15) is 5.39 Å². The number of nitrogens with one attached hydrogen (secondary N) is 2. The number of hydrogen-bond acceptors (Lipinski definition) is 7. The van der Waals surface area contributed by atoms with E-state index in [0.29, 0.717) is 27.6 Å². The summed E-state index contributed by atoms with van der Waals surface area (Å²) >= 11 is 0. The molecule has 0 saturated carbocycles. The van der Waals surface area contributed by atoms with Gasteiger partial charge in [0.2, 0.25) is 0 Å². The third kappa shape index (κ3) is 3.18. The molecule has 2 N–H and O–H groups in total. The molecule has 1 fully saturated rings. The second-order valence-corrected chi connectivity index (χ2v) is 7.49. The molecule has 0 aliphatic carbocycles. The molecular weight excluding hydrogens is 382 g/mol. The molecule has 0 unspecified atom stereocenters. The molecule has 1 aliphatic heterocycles. The smallest absolute Gasteiger partial charge is 0.351 e. The fourth-order valence-electron chi connectivity index (χ4n) is 3.89. The Morgan fingerprint density at radius 2 is 1.80 bits per heavy atom. The molecule has 2 aromatic carbocycles. The Morgan fingerprint density at radius 1 is 1.07 bits per heavy atom. The maximum Gasteiger partial charge on any atom is 0.351 e. The Kier molecular flexibility index (Phi) is 4.44. The Morgan fingerprint density at radius 3 is 2.53 bits per heavy atom. The van der Waals surface area contributed by atoms with Crippen LogP contribution in [0.15, 0.2) is 48.5 Å². The molecule has 4 aromatic rings. The number of nitro groups is 1. The summed E-state index contributed by atoms with van der Waals surface area (Å²) in [6, 6.07) is 15.5. The van der Waals surface area contributed by atoms with Crippen molar-refractivity contribution < 1.29 is 4.92 Å². The Labute approximate surface area is 172 Å². The van der Waals surface area contributed by atoms with Crippen molar-refractivity contribution in [1.82, 2.24) is 20.1 Å². The summed E-state index contributed by atoms with van der Waals surface area (Å²) in [5.41, 5.74) is 3.15. The molecule has 2 aromatic heterocycles. The number of para-hydroxylation sites is 1. The molecule has 9 nitrogen and oxygen atoms in total. The van der Waals surface area contributed by atoms with E-state index in [0.717, 1.165) is 31.9 Å². The summed E-state index contributed by atoms with van der Waals surface area (Å²) in [4.78, 5) is 20.4. The third-order valence-electron chi connectivity index (χ3n) is 5.56. The molecule has 5 rings (SSSR count). The standard InChI is InChI=1S/C21H21N7O2/c1-26-10-12-27(13-11-26)15-8-6-14(7-9-15)22-20-19-18(21(25-24-19)28(29)30)16-4-2-3-5-17(16)23-20/h2-9H,10-13H2,1H3,(H,22,23)(H,24,25). The molecule has 0 amide bonds. The lowest BCUT2D eigenvalue weighted by molar-refractivity contribution is -0.387. The minimum absolute atomic E-state index is 0.128. The SMILES string of the molecule is CN1CCN(c2ccc(Nc3nc4ccccc4c4c([N+](=O)[O-])[nH]nc34)cc2)CC1. The van der Waals surface area contributed by atoms with Crippen LogP contribution in [0.25, 0.3) is 21.8 Å². The Hall–Kier alpha value is -3.72. The van der Waals surface area contributed by atoms with E-state index in [1.807, 2.05) is 36.4 Å². The molecule has 1 saturated heterocycles. The average Bonchev–Trinajstić information content (AvgIpc) is 3.21. The van der Waals surface area contributed by atoms with E-state index in [4.69, 9.17) is 0 Å². The van der Waals surface area contributed by atoms with Crippen LogP contribution in [-0.4, -0.2) is 58.2 Å². The number of pyridine rings is 1. The molecule has 9 heteroatoms. The molecule has 0 atom stereocenters. The Balaban J connectivity index is 1.50. The first-order valence-electron chi connectivity index (χ1n) is 9.82. The van der Waals surface area contributed by atoms with Crippen LogP contribution >= 0.6 is 0 Å². The van der Waals surface area contributed by atoms with Gasteiger partial charge in [0.25, 0.3) is 0 Å². The first kappa shape index (κ1) is 18.3. The number of rotatable bonds is 4. The number of aromatic amines is 1. The van der Waals surface area contributed by atoms with Gasteiger partial charge in [-0.15, -0.1) is 5.10 Å². The third-order valence-corrected chi connectivity index (χ3v) is 5.56. The fraction of sp³-hybridized carbons (Fsp3) is 0.238. The number of anilines is 3. The normalized spacial score (nSPS) is 15.0. The number of H-pyrrole nitrogens is 1. The number of aromatic nitrogens is 3. The van der Waals surface area contributed by atoms with Crippen molar-refractivity contribution >= 4 is 44.8 Å². The number of nitrogens with zero attached hydrogens (tertiary/aromatic N) is 5. The van der Waals surface area contributed by atoms with Crippen LogP contribution in [0.2, 0.25) is 0 Å². The van der Waals surface area contributed by atoms with Crippen molar-refractivity contribution in [3.05, 3.63) is 58.6 Å². The summed E-state index contributed by atoms with van der Waals surface area (Å²) in [7, 11) is 2.14. The number of piperazine rings is 1. The number of hydrogen-bond donors (Lipinski definition) is 2. The first-order chi connectivity index (χ1) is 14.6. The van der Waals surface area contributed by atoms with E-state index in [9.17, 15) is 10.1 Å². The van der Waals surface area contributed by atoms with Gasteiger partial charge in [0.05, 0.1) is 5.52 Å². The average molecular weight is 403 g/mol. The van der Waals surface area contributed by atoms with E-state index < -0.39 is 4.92 Å². The molecule has 0 spiro atoms. The lowest BCUT2D eigenvalue weighted by Gasteiger charge is -2.34. The Bertz CT molecular complexity index is 1230. The topological polar surface area (TPSA) is 103 Å². The van der Waals surface area contributed by atoms with Crippen LogP contribution in [-0.2, 0) is 0 Å². The van der Waals surface area contributed by atoms with Crippen molar-refractivity contribution in [2.45, 2.75) is 0 Å². The van der Waals surface area contributed by atoms with E-state index in [2.05, 4.69) is 49.5 Å². The zero-order valence-corrected chi connectivity index (χ0v) is 16.5. The van der Waals surface area contributed by atoms with Crippen molar-refractivity contribution in [2.75, 3.05) is 43.4 Å². The van der Waals surface area contributed by atoms with Crippen LogP contribution in [0.4, 0.5) is 23.0 Å². The molecule has 0 bridgehead atoms. The quantitative estimate of drug-likeness (QED) is 0.397. The van der Waals surface area contributed by atoms with Gasteiger partial charge in [0, 0.05) is 42.9 Å². The summed E-state index contributed by atoms with van der Waals surface area (Å²) in [6.07, 6.45) is 0. The number of benzene rings is 2. The van der Waals surface area contributed by atoms with Crippen LogP contribution in [0.3, 0.4) is 0 Å². The van der Waals surface area contributed by atoms with Gasteiger partial charge >= 0.3 is 5.82 Å². The zero-order valence-electron chi connectivity index (χ0n) is 16.5. The number of likely N-dealkylation sites (N-methyl/N-ethyl adjacent to an activating group) is 1. The van der Waals surface area contributed by atoms with Crippen LogP contribution in [0, 0.1) is 10.1 Å². The number of fused-ring (bicyclic) bond motifs is 3. The summed E-state index contributed by atoms with van der Waals surface area (Å²) in [5, 5.41) is 22.7. The molecule has 30 heavy (non-hydrogen) atoms. The largest absolute Gasteiger partial charge is 0.369 e. The maximum absolute atomic E-state index is 11.5. The van der Waals surface area contributed by atoms with Gasteiger partial charge in [-0.2, -0.15) is 0 Å². The van der Waals surface area contributed by atoms with Gasteiger partial charge < -0.3 is 25.2 Å². The van der Waals surface area contributed by atoms with Gasteiger partial charge in [-0.3, -0.25) is 0 Å². The van der Waals surface area contributed by atoms with E-state index >= 15 is 0 Å². The van der Waals surface area contributed by atoms with Gasteiger partial charge in [-0.25, -0.2) is 4.98 Å². The highest BCUT2D eigenvalue weighted by Gasteiger charge is 2.22. The molecule has 0 radical (unpaired) electrons. The zero-order chi connectivity index (χ0) is 20.7. The van der Waals surface area contributed by atoms with Crippen molar-refractivity contribution in [1.29, 1.82) is 0 Å². The minimum atomic E-state index is -0.448. The van der Waals surface area contributed by atoms with Crippen molar-refractivity contribution in [3.8, 4) is 0 Å². The van der Waals surface area contributed by atoms with Gasteiger partial charge in [0.15, 0.2) is 11.3 Å². The summed E-state index contributed by atoms with van der Waals surface area (Å²) in [5.74, 6) is 0.359. The second kappa shape index (κ2) is 7.27. The van der Waals surface area contributed by atoms with E-state index in [-0.39, 0.29) is 5.82 Å². The molecule has 3 heterocycles. The van der Waals surface area contributed by atoms with Gasteiger partial charge in [-0.05, 0) is 42.3 Å². The predicted octanol–water partition coefficient (Wildman–Crippen LogP) is 3.51. The monoisotopic (exact) mass is 403 g/mol. The summed E-state index contributed by atoms with van der Waals surface area (Å²) < 4.78 is 0. The summed E-state index contributed by atoms with van der Waals surface area (Å²) in [6.45, 7) is 4.12. The highest BCUT2D eigenvalue weighted by atomic mass is 16.6. The van der Waals surface area contributed by atoms with Crippen LogP contribution < -0.4 is 10.2 Å². The lowest BCUT2D eigenvalue weighted by atomic mass is 10.1.